The second-order valence-electron chi connectivity index (χ2n) is 5.21. The van der Waals surface area contributed by atoms with Gasteiger partial charge in [0.25, 0.3) is 0 Å². The highest BCUT2D eigenvalue weighted by molar-refractivity contribution is 4.86. The standard InChI is InChI=1S/2C6H12O5/c2*7-1-4-6(10)5(9)3(8)2-11-4/h2*3-10H,1-2H2. The third-order valence-corrected chi connectivity index (χ3v) is 3.57. The van der Waals surface area contributed by atoms with Gasteiger partial charge < -0.3 is 50.3 Å². The van der Waals surface area contributed by atoms with Crippen molar-refractivity contribution in [2.24, 2.45) is 0 Å². The van der Waals surface area contributed by atoms with Crippen LogP contribution in [0.5, 0.6) is 0 Å². The van der Waals surface area contributed by atoms with Crippen molar-refractivity contribution in [1.29, 1.82) is 0 Å². The summed E-state index contributed by atoms with van der Waals surface area (Å²) in [6, 6.07) is 0. The van der Waals surface area contributed by atoms with E-state index in [0.717, 1.165) is 0 Å². The predicted octanol–water partition coefficient (Wildman–Crippen LogP) is -5.08. The molecule has 0 radical (unpaired) electrons. The average molecular weight is 328 g/mol. The van der Waals surface area contributed by atoms with E-state index in [-0.39, 0.29) is 26.4 Å². The lowest BCUT2D eigenvalue weighted by atomic mass is 10.0. The van der Waals surface area contributed by atoms with Gasteiger partial charge >= 0.3 is 0 Å². The van der Waals surface area contributed by atoms with Gasteiger partial charge in [-0.05, 0) is 0 Å². The normalized spacial score (nSPS) is 45.8. The van der Waals surface area contributed by atoms with E-state index in [2.05, 4.69) is 0 Å². The van der Waals surface area contributed by atoms with Gasteiger partial charge in [-0.2, -0.15) is 0 Å². The molecule has 2 fully saturated rings. The Morgan fingerprint density at radius 3 is 1.18 bits per heavy atom. The minimum absolute atomic E-state index is 0.0521. The van der Waals surface area contributed by atoms with Gasteiger partial charge in [0, 0.05) is 0 Å². The highest BCUT2D eigenvalue weighted by atomic mass is 16.5. The van der Waals surface area contributed by atoms with Crippen LogP contribution >= 0.6 is 0 Å². The minimum Gasteiger partial charge on any atom is -0.394 e. The molecule has 0 saturated carbocycles. The first kappa shape index (κ1) is 19.6. The summed E-state index contributed by atoms with van der Waals surface area (Å²) in [4.78, 5) is 0. The van der Waals surface area contributed by atoms with Crippen LogP contribution in [0.15, 0.2) is 0 Å². The Morgan fingerprint density at radius 1 is 0.591 bits per heavy atom. The van der Waals surface area contributed by atoms with Crippen molar-refractivity contribution < 1.29 is 50.3 Å². The molecule has 2 aliphatic rings. The van der Waals surface area contributed by atoms with Crippen LogP contribution in [0.25, 0.3) is 0 Å². The SMILES string of the molecule is OCC1OCC(O)C(O)C1O.OCC1OCC(O)C(O)C1O. The first-order valence-corrected chi connectivity index (χ1v) is 6.86. The van der Waals surface area contributed by atoms with Gasteiger partial charge in [-0.3, -0.25) is 0 Å². The predicted molar refractivity (Wildman–Crippen MR) is 69.7 cm³/mol. The summed E-state index contributed by atoms with van der Waals surface area (Å²) in [6.07, 6.45) is -8.54. The summed E-state index contributed by atoms with van der Waals surface area (Å²) < 4.78 is 9.62. The fourth-order valence-corrected chi connectivity index (χ4v) is 2.06. The Balaban J connectivity index is 0.000000220. The fourth-order valence-electron chi connectivity index (χ4n) is 2.06. The summed E-state index contributed by atoms with van der Waals surface area (Å²) in [7, 11) is 0. The van der Waals surface area contributed by atoms with Crippen LogP contribution in [0.3, 0.4) is 0 Å². The zero-order chi connectivity index (χ0) is 16.9. The van der Waals surface area contributed by atoms with Gasteiger partial charge in [-0.1, -0.05) is 0 Å². The van der Waals surface area contributed by atoms with Crippen LogP contribution < -0.4 is 0 Å². The highest BCUT2D eigenvalue weighted by Crippen LogP contribution is 2.15. The van der Waals surface area contributed by atoms with Gasteiger partial charge in [0.05, 0.1) is 26.4 Å². The molecule has 2 heterocycles. The molecule has 22 heavy (non-hydrogen) atoms. The minimum atomic E-state index is -1.22. The van der Waals surface area contributed by atoms with Crippen LogP contribution in [-0.2, 0) is 9.47 Å². The van der Waals surface area contributed by atoms with E-state index >= 15 is 0 Å². The molecule has 0 aromatic rings. The van der Waals surface area contributed by atoms with Crippen LogP contribution in [0.2, 0.25) is 0 Å². The molecule has 0 bridgehead atoms. The monoisotopic (exact) mass is 328 g/mol. The maximum Gasteiger partial charge on any atom is 0.111 e. The molecule has 0 aliphatic carbocycles. The molecule has 0 amide bonds. The zero-order valence-electron chi connectivity index (χ0n) is 11.8. The molecular formula is C12H24O10. The van der Waals surface area contributed by atoms with E-state index in [1.54, 1.807) is 0 Å². The van der Waals surface area contributed by atoms with Gasteiger partial charge in [-0.25, -0.2) is 0 Å². The first-order valence-electron chi connectivity index (χ1n) is 6.86. The van der Waals surface area contributed by atoms with E-state index in [0.29, 0.717) is 0 Å². The van der Waals surface area contributed by atoms with E-state index in [9.17, 15) is 0 Å². The summed E-state index contributed by atoms with van der Waals surface area (Å²) in [5.41, 5.74) is 0. The number of ether oxygens (including phenoxy) is 2. The molecule has 2 saturated heterocycles. The number of aliphatic hydroxyl groups is 8. The molecule has 10 nitrogen and oxygen atoms in total. The number of hydrogen-bond donors (Lipinski definition) is 8. The van der Waals surface area contributed by atoms with Crippen molar-refractivity contribution in [3.05, 3.63) is 0 Å². The van der Waals surface area contributed by atoms with Crippen LogP contribution in [0.4, 0.5) is 0 Å². The third kappa shape index (κ3) is 4.80. The first-order chi connectivity index (χ1) is 10.3. The Bertz CT molecular complexity index is 282. The van der Waals surface area contributed by atoms with E-state index < -0.39 is 48.8 Å². The van der Waals surface area contributed by atoms with Crippen LogP contribution in [-0.4, -0.2) is 116 Å². The Hall–Kier alpha value is -0.400. The second-order valence-corrected chi connectivity index (χ2v) is 5.21. The molecule has 2 rings (SSSR count). The summed E-state index contributed by atoms with van der Waals surface area (Å²) in [5.74, 6) is 0. The van der Waals surface area contributed by atoms with E-state index in [1.807, 2.05) is 0 Å². The van der Waals surface area contributed by atoms with Crippen molar-refractivity contribution in [3.63, 3.8) is 0 Å². The summed E-state index contributed by atoms with van der Waals surface area (Å²) in [6.45, 7) is -0.817. The summed E-state index contributed by atoms with van der Waals surface area (Å²) in [5, 5.41) is 71.4. The quantitative estimate of drug-likeness (QED) is 0.244. The van der Waals surface area contributed by atoms with Crippen LogP contribution in [0.1, 0.15) is 0 Å². The molecule has 8 unspecified atom stereocenters. The molecule has 2 aliphatic heterocycles. The zero-order valence-corrected chi connectivity index (χ0v) is 11.8. The van der Waals surface area contributed by atoms with Gasteiger partial charge in [-0.15, -0.1) is 0 Å². The molecule has 0 aromatic carbocycles. The summed E-state index contributed by atoms with van der Waals surface area (Å²) >= 11 is 0. The Labute approximate surface area is 126 Å². The number of rotatable bonds is 2. The topological polar surface area (TPSA) is 180 Å². The third-order valence-electron chi connectivity index (χ3n) is 3.57. The molecule has 8 N–H and O–H groups in total. The van der Waals surface area contributed by atoms with Gasteiger partial charge in [0.15, 0.2) is 0 Å². The van der Waals surface area contributed by atoms with Crippen LogP contribution in [0, 0.1) is 0 Å². The lowest BCUT2D eigenvalue weighted by Crippen LogP contribution is -2.53. The lowest BCUT2D eigenvalue weighted by Gasteiger charge is -2.34. The second kappa shape index (κ2) is 9.03. The highest BCUT2D eigenvalue weighted by Gasteiger charge is 2.37. The molecule has 132 valence electrons. The Kier molecular flexibility index (Phi) is 8.07. The fraction of sp³-hybridized carbons (Fsp3) is 1.00. The molecule has 8 atom stereocenters. The molecular weight excluding hydrogens is 304 g/mol. The average Bonchev–Trinajstić information content (AvgIpc) is 2.51. The van der Waals surface area contributed by atoms with Crippen molar-refractivity contribution in [3.8, 4) is 0 Å². The largest absolute Gasteiger partial charge is 0.394 e. The maximum atomic E-state index is 9.11. The smallest absolute Gasteiger partial charge is 0.111 e. The van der Waals surface area contributed by atoms with Gasteiger partial charge in [0.1, 0.15) is 48.8 Å². The van der Waals surface area contributed by atoms with E-state index in [4.69, 9.17) is 50.3 Å². The molecule has 0 spiro atoms. The molecule has 0 aromatic heterocycles. The lowest BCUT2D eigenvalue weighted by molar-refractivity contribution is -0.195. The van der Waals surface area contributed by atoms with Crippen molar-refractivity contribution in [2.75, 3.05) is 26.4 Å². The van der Waals surface area contributed by atoms with Crippen molar-refractivity contribution in [1.82, 2.24) is 0 Å². The number of hydrogen-bond acceptors (Lipinski definition) is 10. The van der Waals surface area contributed by atoms with Crippen molar-refractivity contribution in [2.45, 2.75) is 48.8 Å². The van der Waals surface area contributed by atoms with Gasteiger partial charge in [0.2, 0.25) is 0 Å². The van der Waals surface area contributed by atoms with Crippen molar-refractivity contribution >= 4 is 0 Å². The van der Waals surface area contributed by atoms with E-state index in [1.165, 1.54) is 0 Å². The Morgan fingerprint density at radius 2 is 0.909 bits per heavy atom. The maximum absolute atomic E-state index is 9.11. The number of aliphatic hydroxyl groups excluding tert-OH is 8. The molecule has 10 heteroatoms.